The average Bonchev–Trinajstić information content (AvgIpc) is 2.36. The number of aliphatic hydroxyl groups excluding tert-OH is 1. The van der Waals surface area contributed by atoms with Crippen molar-refractivity contribution in [2.75, 3.05) is 13.1 Å². The monoisotopic (exact) mass is 269 g/mol. The molecule has 0 amide bonds. The maximum absolute atomic E-state index is 13.4. The number of carbonyl (C=O) groups excluding carboxylic acids is 1. The van der Waals surface area contributed by atoms with Crippen molar-refractivity contribution in [3.63, 3.8) is 0 Å². The third kappa shape index (κ3) is 5.36. The van der Waals surface area contributed by atoms with Crippen LogP contribution in [0.2, 0.25) is 0 Å². The van der Waals surface area contributed by atoms with Crippen molar-refractivity contribution in [3.8, 4) is 5.75 Å². The van der Waals surface area contributed by atoms with Crippen LogP contribution in [0.1, 0.15) is 38.4 Å². The molecule has 0 saturated carbocycles. The summed E-state index contributed by atoms with van der Waals surface area (Å²) in [7, 11) is 0. The van der Waals surface area contributed by atoms with Crippen molar-refractivity contribution >= 4 is 5.97 Å². The zero-order valence-electron chi connectivity index (χ0n) is 11.3. The predicted octanol–water partition coefficient (Wildman–Crippen LogP) is 2.17. The summed E-state index contributed by atoms with van der Waals surface area (Å²) in [5.41, 5.74) is 0.515. The van der Waals surface area contributed by atoms with Crippen molar-refractivity contribution in [1.82, 2.24) is 5.32 Å². The molecule has 0 heterocycles. The minimum Gasteiger partial charge on any atom is -0.424 e. The number of ether oxygens (including phenoxy) is 1. The molecule has 0 aliphatic heterocycles. The second kappa shape index (κ2) is 7.86. The molecule has 0 aliphatic carbocycles. The Kier molecular flexibility index (Phi) is 6.45. The minimum atomic E-state index is -0.758. The Labute approximate surface area is 112 Å². The standard InChI is InChI=1S/C14H20FNO3/c1-3-4-7-16-9-13(18)11-5-6-12(15)14(8-11)19-10(2)17/h5-6,8,13,16,18H,3-4,7,9H2,1-2H3/t13-/m0/s1. The largest absolute Gasteiger partial charge is 0.424 e. The first-order chi connectivity index (χ1) is 9.04. The zero-order valence-corrected chi connectivity index (χ0v) is 11.3. The third-order valence-electron chi connectivity index (χ3n) is 2.64. The molecule has 0 saturated heterocycles. The van der Waals surface area contributed by atoms with Crippen LogP contribution in [-0.2, 0) is 4.79 Å². The van der Waals surface area contributed by atoms with E-state index in [9.17, 15) is 14.3 Å². The van der Waals surface area contributed by atoms with Gasteiger partial charge in [-0.05, 0) is 30.7 Å². The van der Waals surface area contributed by atoms with E-state index in [-0.39, 0.29) is 5.75 Å². The van der Waals surface area contributed by atoms with Crippen LogP contribution in [-0.4, -0.2) is 24.2 Å². The summed E-state index contributed by atoms with van der Waals surface area (Å²) >= 11 is 0. The van der Waals surface area contributed by atoms with E-state index in [4.69, 9.17) is 4.74 Å². The molecule has 0 fully saturated rings. The van der Waals surface area contributed by atoms with E-state index in [1.807, 2.05) is 0 Å². The second-order valence-corrected chi connectivity index (χ2v) is 4.36. The van der Waals surface area contributed by atoms with Gasteiger partial charge in [0.15, 0.2) is 11.6 Å². The molecule has 0 unspecified atom stereocenters. The topological polar surface area (TPSA) is 58.6 Å². The van der Waals surface area contributed by atoms with Gasteiger partial charge in [0.1, 0.15) is 0 Å². The highest BCUT2D eigenvalue weighted by molar-refractivity contribution is 5.69. The Bertz CT molecular complexity index is 423. The first-order valence-electron chi connectivity index (χ1n) is 6.41. The van der Waals surface area contributed by atoms with Crippen LogP contribution in [0, 0.1) is 5.82 Å². The number of rotatable bonds is 7. The Hall–Kier alpha value is -1.46. The molecule has 0 bridgehead atoms. The number of halogens is 1. The van der Waals surface area contributed by atoms with Gasteiger partial charge in [-0.3, -0.25) is 4.79 Å². The maximum Gasteiger partial charge on any atom is 0.308 e. The smallest absolute Gasteiger partial charge is 0.308 e. The van der Waals surface area contributed by atoms with Gasteiger partial charge in [0.05, 0.1) is 6.10 Å². The summed E-state index contributed by atoms with van der Waals surface area (Å²) in [6, 6.07) is 4.01. The fraction of sp³-hybridized carbons (Fsp3) is 0.500. The number of carbonyl (C=O) groups is 1. The van der Waals surface area contributed by atoms with Crippen molar-refractivity contribution < 1.29 is 19.0 Å². The van der Waals surface area contributed by atoms with Gasteiger partial charge in [-0.2, -0.15) is 0 Å². The molecule has 1 atom stereocenters. The SMILES string of the molecule is CCCCNC[C@H](O)c1ccc(F)c(OC(C)=O)c1. The quantitative estimate of drug-likeness (QED) is 0.452. The number of esters is 1. The highest BCUT2D eigenvalue weighted by Gasteiger charge is 2.12. The van der Waals surface area contributed by atoms with Gasteiger partial charge in [-0.25, -0.2) is 4.39 Å². The van der Waals surface area contributed by atoms with E-state index in [0.29, 0.717) is 12.1 Å². The predicted molar refractivity (Wildman–Crippen MR) is 70.4 cm³/mol. The fourth-order valence-corrected chi connectivity index (χ4v) is 1.62. The molecule has 1 rings (SSSR count). The number of hydrogen-bond acceptors (Lipinski definition) is 4. The molecule has 19 heavy (non-hydrogen) atoms. The van der Waals surface area contributed by atoms with Crippen LogP contribution in [0.5, 0.6) is 5.75 Å². The van der Waals surface area contributed by atoms with Gasteiger partial charge >= 0.3 is 5.97 Å². The lowest BCUT2D eigenvalue weighted by atomic mass is 10.1. The summed E-state index contributed by atoms with van der Waals surface area (Å²) in [6.07, 6.45) is 1.36. The van der Waals surface area contributed by atoms with Crippen molar-refractivity contribution in [1.29, 1.82) is 0 Å². The lowest BCUT2D eigenvalue weighted by Gasteiger charge is -2.13. The summed E-state index contributed by atoms with van der Waals surface area (Å²) in [5.74, 6) is -1.37. The van der Waals surface area contributed by atoms with E-state index in [2.05, 4.69) is 12.2 Å². The Morgan fingerprint density at radius 2 is 2.26 bits per heavy atom. The molecule has 1 aromatic carbocycles. The first-order valence-corrected chi connectivity index (χ1v) is 6.41. The van der Waals surface area contributed by atoms with E-state index in [1.165, 1.54) is 25.1 Å². The van der Waals surface area contributed by atoms with Gasteiger partial charge in [0, 0.05) is 13.5 Å². The van der Waals surface area contributed by atoms with E-state index < -0.39 is 17.9 Å². The van der Waals surface area contributed by atoms with Crippen LogP contribution in [0.3, 0.4) is 0 Å². The Balaban J connectivity index is 2.64. The van der Waals surface area contributed by atoms with E-state index in [0.717, 1.165) is 19.4 Å². The lowest BCUT2D eigenvalue weighted by Crippen LogP contribution is -2.22. The van der Waals surface area contributed by atoms with Crippen LogP contribution >= 0.6 is 0 Å². The molecule has 2 N–H and O–H groups in total. The Morgan fingerprint density at radius 1 is 1.53 bits per heavy atom. The molecular formula is C14H20FNO3. The van der Waals surface area contributed by atoms with Crippen LogP contribution in [0.4, 0.5) is 4.39 Å². The molecule has 106 valence electrons. The molecule has 0 spiro atoms. The average molecular weight is 269 g/mol. The molecule has 0 aromatic heterocycles. The molecule has 4 nitrogen and oxygen atoms in total. The van der Waals surface area contributed by atoms with Gasteiger partial charge in [0.25, 0.3) is 0 Å². The van der Waals surface area contributed by atoms with Gasteiger partial charge in [-0.1, -0.05) is 19.4 Å². The number of benzene rings is 1. The van der Waals surface area contributed by atoms with Gasteiger partial charge in [0.2, 0.25) is 0 Å². The van der Waals surface area contributed by atoms with Crippen molar-refractivity contribution in [2.45, 2.75) is 32.8 Å². The maximum atomic E-state index is 13.4. The molecular weight excluding hydrogens is 249 g/mol. The fourth-order valence-electron chi connectivity index (χ4n) is 1.62. The van der Waals surface area contributed by atoms with Crippen LogP contribution in [0.25, 0.3) is 0 Å². The van der Waals surface area contributed by atoms with Gasteiger partial charge < -0.3 is 15.2 Å². The molecule has 0 radical (unpaired) electrons. The third-order valence-corrected chi connectivity index (χ3v) is 2.64. The highest BCUT2D eigenvalue weighted by atomic mass is 19.1. The summed E-state index contributed by atoms with van der Waals surface area (Å²) < 4.78 is 18.1. The number of unbranched alkanes of at least 4 members (excludes halogenated alkanes) is 1. The molecule has 5 heteroatoms. The summed E-state index contributed by atoms with van der Waals surface area (Å²) in [5, 5.41) is 13.1. The lowest BCUT2D eigenvalue weighted by molar-refractivity contribution is -0.132. The van der Waals surface area contributed by atoms with Gasteiger partial charge in [-0.15, -0.1) is 0 Å². The number of aliphatic hydroxyl groups is 1. The van der Waals surface area contributed by atoms with Crippen molar-refractivity contribution in [3.05, 3.63) is 29.6 Å². The van der Waals surface area contributed by atoms with Crippen LogP contribution in [0.15, 0.2) is 18.2 Å². The highest BCUT2D eigenvalue weighted by Crippen LogP contribution is 2.22. The minimum absolute atomic E-state index is 0.155. The second-order valence-electron chi connectivity index (χ2n) is 4.36. The Morgan fingerprint density at radius 3 is 2.89 bits per heavy atom. The van der Waals surface area contributed by atoms with E-state index in [1.54, 1.807) is 0 Å². The summed E-state index contributed by atoms with van der Waals surface area (Å²) in [6.45, 7) is 4.50. The zero-order chi connectivity index (χ0) is 14.3. The van der Waals surface area contributed by atoms with E-state index >= 15 is 0 Å². The molecule has 0 aliphatic rings. The molecule has 1 aromatic rings. The van der Waals surface area contributed by atoms with Crippen molar-refractivity contribution in [2.24, 2.45) is 0 Å². The first kappa shape index (κ1) is 15.6. The number of nitrogens with one attached hydrogen (secondary N) is 1. The normalized spacial score (nSPS) is 12.2. The number of hydrogen-bond donors (Lipinski definition) is 2. The summed E-state index contributed by atoms with van der Waals surface area (Å²) in [4.78, 5) is 10.8. The van der Waals surface area contributed by atoms with Crippen LogP contribution < -0.4 is 10.1 Å².